The van der Waals surface area contributed by atoms with Crippen molar-refractivity contribution in [3.05, 3.63) is 78.9 Å². The van der Waals surface area contributed by atoms with Crippen LogP contribution in [-0.2, 0) is 13.4 Å². The van der Waals surface area contributed by atoms with Gasteiger partial charge in [-0.05, 0) is 24.3 Å². The van der Waals surface area contributed by atoms with Crippen LogP contribution in [0.3, 0.4) is 0 Å². The highest BCUT2D eigenvalue weighted by Gasteiger charge is 2.40. The summed E-state index contributed by atoms with van der Waals surface area (Å²) in [5.74, 6) is -0.0932. The van der Waals surface area contributed by atoms with Gasteiger partial charge in [-0.15, -0.1) is 0 Å². The van der Waals surface area contributed by atoms with Crippen molar-refractivity contribution in [3.8, 4) is 28.4 Å². The predicted molar refractivity (Wildman–Crippen MR) is 102 cm³/mol. The lowest BCUT2D eigenvalue weighted by atomic mass is 10.0. The molecule has 146 valence electrons. The van der Waals surface area contributed by atoms with Crippen molar-refractivity contribution in [2.45, 2.75) is 0 Å². The fourth-order valence-electron chi connectivity index (χ4n) is 2.38. The zero-order valence-electron chi connectivity index (χ0n) is 14.3. The van der Waals surface area contributed by atoms with Crippen LogP contribution in [0.5, 0.6) is 17.2 Å². The van der Waals surface area contributed by atoms with Gasteiger partial charge in [-0.3, -0.25) is 0 Å². The van der Waals surface area contributed by atoms with Crippen molar-refractivity contribution >= 4 is 15.6 Å². The molecule has 8 nitrogen and oxygen atoms in total. The molecule has 3 aromatic rings. The largest absolute Gasteiger partial charge is 0.596 e. The fraction of sp³-hybridized carbons (Fsp3) is 0. The van der Waals surface area contributed by atoms with Gasteiger partial charge in [-0.25, -0.2) is 9.13 Å². The molecule has 10 heteroatoms. The average Bonchev–Trinajstić information content (AvgIpc) is 2.62. The predicted octanol–water partition coefficient (Wildman–Crippen LogP) is 4.73. The van der Waals surface area contributed by atoms with E-state index in [9.17, 15) is 14.2 Å². The summed E-state index contributed by atoms with van der Waals surface area (Å²) in [6, 6.07) is 20.2. The molecule has 0 bridgehead atoms. The van der Waals surface area contributed by atoms with Gasteiger partial charge in [-0.1, -0.05) is 54.6 Å². The second-order valence-corrected chi connectivity index (χ2v) is 8.42. The minimum absolute atomic E-state index is 0.0272. The minimum atomic E-state index is -5.22. The maximum absolute atomic E-state index is 13.0. The first-order chi connectivity index (χ1) is 13.3. The summed E-state index contributed by atoms with van der Waals surface area (Å²) in [5, 5.41) is 10.1. The maximum atomic E-state index is 13.0. The lowest BCUT2D eigenvalue weighted by Gasteiger charge is -2.20. The average molecular weight is 422 g/mol. The summed E-state index contributed by atoms with van der Waals surface area (Å²) >= 11 is 0. The highest BCUT2D eigenvalue weighted by Crippen LogP contribution is 2.61. The fourth-order valence-corrected chi connectivity index (χ4v) is 4.51. The highest BCUT2D eigenvalue weighted by atomic mass is 31.3. The van der Waals surface area contributed by atoms with E-state index in [4.69, 9.17) is 18.8 Å². The monoisotopic (exact) mass is 422 g/mol. The second kappa shape index (κ2) is 8.19. The molecule has 0 spiro atoms. The van der Waals surface area contributed by atoms with Gasteiger partial charge in [-0.2, -0.15) is 4.31 Å². The Morgan fingerprint density at radius 3 is 1.89 bits per heavy atom. The molecule has 3 aromatic carbocycles. The molecule has 0 heterocycles. The molecular formula is C18H16O8P2. The van der Waals surface area contributed by atoms with E-state index < -0.39 is 15.6 Å². The molecule has 3 rings (SSSR count). The van der Waals surface area contributed by atoms with Crippen LogP contribution >= 0.6 is 15.6 Å². The van der Waals surface area contributed by atoms with Crippen LogP contribution < -0.4 is 9.05 Å². The topological polar surface area (TPSA) is 123 Å². The van der Waals surface area contributed by atoms with Crippen molar-refractivity contribution in [1.82, 2.24) is 0 Å². The van der Waals surface area contributed by atoms with Crippen molar-refractivity contribution in [3.63, 3.8) is 0 Å². The molecule has 0 aliphatic heterocycles. The summed E-state index contributed by atoms with van der Waals surface area (Å²) in [4.78, 5) is 18.3. The number of hydrogen-bond donors (Lipinski definition) is 3. The van der Waals surface area contributed by atoms with Crippen LogP contribution in [0.1, 0.15) is 0 Å². The summed E-state index contributed by atoms with van der Waals surface area (Å²) in [6.07, 6.45) is 0. The van der Waals surface area contributed by atoms with E-state index in [1.54, 1.807) is 54.6 Å². The number of rotatable bonds is 7. The number of phosphoric acid groups is 2. The Morgan fingerprint density at radius 2 is 1.25 bits per heavy atom. The normalized spacial score (nSPS) is 13.5. The van der Waals surface area contributed by atoms with E-state index in [0.29, 0.717) is 11.1 Å². The van der Waals surface area contributed by atoms with Crippen LogP contribution in [-0.4, -0.2) is 14.9 Å². The highest BCUT2D eigenvalue weighted by molar-refractivity contribution is 7.61. The van der Waals surface area contributed by atoms with E-state index in [-0.39, 0.29) is 17.2 Å². The molecule has 3 N–H and O–H groups in total. The van der Waals surface area contributed by atoms with E-state index in [2.05, 4.69) is 4.31 Å². The maximum Gasteiger partial charge on any atom is 0.596 e. The first-order valence-electron chi connectivity index (χ1n) is 7.94. The number of phenolic OH excluding ortho intramolecular Hbond substituents is 1. The summed E-state index contributed by atoms with van der Waals surface area (Å²) in [7, 11) is -10.0. The Morgan fingerprint density at radius 1 is 0.679 bits per heavy atom. The third-order valence-electron chi connectivity index (χ3n) is 3.46. The molecule has 0 aliphatic carbocycles. The van der Waals surface area contributed by atoms with Crippen LogP contribution in [0.25, 0.3) is 11.1 Å². The van der Waals surface area contributed by atoms with Gasteiger partial charge in [0.1, 0.15) is 17.2 Å². The molecule has 0 saturated heterocycles. The molecule has 28 heavy (non-hydrogen) atoms. The SMILES string of the molecule is O=P(O)(O)OP(=O)(Oc1ccccc1)Oc1ccccc1-c1ccccc1O. The van der Waals surface area contributed by atoms with Gasteiger partial charge in [0.2, 0.25) is 0 Å². The molecular weight excluding hydrogens is 406 g/mol. The Kier molecular flexibility index (Phi) is 5.89. The van der Waals surface area contributed by atoms with Gasteiger partial charge >= 0.3 is 15.6 Å². The number of phosphoric ester groups is 1. The lowest BCUT2D eigenvalue weighted by Crippen LogP contribution is -2.04. The standard InChI is InChI=1S/C18H16O8P2/c19-17-12-6-4-10-15(17)16-11-5-7-13-18(16)25-28(23,26-27(20,21)22)24-14-8-2-1-3-9-14/h1-13,19H,(H2,20,21,22). The molecule has 0 aliphatic rings. The lowest BCUT2D eigenvalue weighted by molar-refractivity contribution is 0.234. The van der Waals surface area contributed by atoms with Gasteiger partial charge in [0, 0.05) is 11.1 Å². The van der Waals surface area contributed by atoms with E-state index in [0.717, 1.165) is 0 Å². The zero-order chi connectivity index (χ0) is 20.2. The number of hydrogen-bond acceptors (Lipinski definition) is 6. The number of para-hydroxylation sites is 3. The van der Waals surface area contributed by atoms with Gasteiger partial charge in [0.25, 0.3) is 0 Å². The second-order valence-electron chi connectivity index (χ2n) is 5.53. The van der Waals surface area contributed by atoms with Crippen molar-refractivity contribution in [2.24, 2.45) is 0 Å². The quantitative estimate of drug-likeness (QED) is 0.467. The molecule has 0 amide bonds. The van der Waals surface area contributed by atoms with Gasteiger partial charge in [0.15, 0.2) is 0 Å². The smallest absolute Gasteiger partial charge is 0.507 e. The van der Waals surface area contributed by atoms with Crippen molar-refractivity contribution in [1.29, 1.82) is 0 Å². The van der Waals surface area contributed by atoms with E-state index in [1.807, 2.05) is 0 Å². The molecule has 0 radical (unpaired) electrons. The summed E-state index contributed by atoms with van der Waals surface area (Å²) < 4.78 is 39.2. The first-order valence-corrected chi connectivity index (χ1v) is 10.9. The van der Waals surface area contributed by atoms with Crippen LogP contribution in [0.4, 0.5) is 0 Å². The van der Waals surface area contributed by atoms with E-state index in [1.165, 1.54) is 24.3 Å². The van der Waals surface area contributed by atoms with Crippen LogP contribution in [0.15, 0.2) is 78.9 Å². The van der Waals surface area contributed by atoms with Crippen molar-refractivity contribution < 1.29 is 37.4 Å². The zero-order valence-corrected chi connectivity index (χ0v) is 16.1. The molecule has 0 saturated carbocycles. The number of benzene rings is 3. The number of aromatic hydroxyl groups is 1. The Bertz CT molecular complexity index is 1050. The van der Waals surface area contributed by atoms with Gasteiger partial charge in [0.05, 0.1) is 0 Å². The Labute approximate surface area is 160 Å². The van der Waals surface area contributed by atoms with Crippen LogP contribution in [0, 0.1) is 0 Å². The Balaban J connectivity index is 2.01. The molecule has 0 fully saturated rings. The van der Waals surface area contributed by atoms with Crippen LogP contribution in [0.2, 0.25) is 0 Å². The third kappa shape index (κ3) is 5.23. The van der Waals surface area contributed by atoms with E-state index >= 15 is 0 Å². The number of phenols is 1. The summed E-state index contributed by atoms with van der Waals surface area (Å²) in [5.41, 5.74) is 0.687. The molecule has 1 atom stereocenters. The van der Waals surface area contributed by atoms with Crippen molar-refractivity contribution in [2.75, 3.05) is 0 Å². The summed E-state index contributed by atoms with van der Waals surface area (Å²) in [6.45, 7) is 0. The molecule has 1 unspecified atom stereocenters. The minimum Gasteiger partial charge on any atom is -0.507 e. The van der Waals surface area contributed by atoms with Gasteiger partial charge < -0.3 is 23.9 Å². The first kappa shape index (κ1) is 20.1. The third-order valence-corrected chi connectivity index (χ3v) is 5.96. The molecule has 0 aromatic heterocycles. The Hall–Kier alpha value is -2.60.